The van der Waals surface area contributed by atoms with Gasteiger partial charge in [0.2, 0.25) is 21.7 Å². The standard InChI is InChI=1S/C19H18FN5O5S/c20-16-3-1-2-4-17(16)31(28,29)24-11-9-23(10-12-24)13-18-21-19(22-30-18)14-5-7-15(8-6-14)25(26)27/h1-8H,9-13H2. The summed E-state index contributed by atoms with van der Waals surface area (Å²) in [6, 6.07) is 11.1. The molecule has 2 heterocycles. The van der Waals surface area contributed by atoms with Gasteiger partial charge in [-0.05, 0) is 24.3 Å². The predicted octanol–water partition coefficient (Wildman–Crippen LogP) is 2.29. The Kier molecular flexibility index (Phi) is 5.76. The molecule has 3 aromatic rings. The molecule has 0 spiro atoms. The first-order valence-corrected chi connectivity index (χ1v) is 10.8. The molecule has 1 saturated heterocycles. The molecule has 2 aromatic carbocycles. The average Bonchev–Trinajstić information content (AvgIpc) is 3.23. The summed E-state index contributed by atoms with van der Waals surface area (Å²) in [6.45, 7) is 1.58. The number of piperazine rings is 1. The van der Waals surface area contributed by atoms with Crippen LogP contribution >= 0.6 is 0 Å². The number of halogens is 1. The van der Waals surface area contributed by atoms with Crippen LogP contribution in [0.2, 0.25) is 0 Å². The van der Waals surface area contributed by atoms with E-state index < -0.39 is 20.8 Å². The highest BCUT2D eigenvalue weighted by Gasteiger charge is 2.30. The van der Waals surface area contributed by atoms with E-state index >= 15 is 0 Å². The third-order valence-electron chi connectivity index (χ3n) is 4.95. The van der Waals surface area contributed by atoms with E-state index in [9.17, 15) is 22.9 Å². The Morgan fingerprint density at radius 1 is 1.06 bits per heavy atom. The highest BCUT2D eigenvalue weighted by Crippen LogP contribution is 2.22. The Labute approximate surface area is 177 Å². The Morgan fingerprint density at radius 3 is 2.39 bits per heavy atom. The van der Waals surface area contributed by atoms with Crippen molar-refractivity contribution in [1.29, 1.82) is 0 Å². The van der Waals surface area contributed by atoms with Crippen molar-refractivity contribution < 1.29 is 22.3 Å². The number of benzene rings is 2. The molecule has 0 amide bonds. The van der Waals surface area contributed by atoms with Gasteiger partial charge in [-0.25, -0.2) is 12.8 Å². The van der Waals surface area contributed by atoms with Gasteiger partial charge in [0.15, 0.2) is 0 Å². The van der Waals surface area contributed by atoms with Crippen LogP contribution in [0.25, 0.3) is 11.4 Å². The lowest BCUT2D eigenvalue weighted by Gasteiger charge is -2.33. The first-order chi connectivity index (χ1) is 14.8. The minimum absolute atomic E-state index is 0.0318. The van der Waals surface area contributed by atoms with Gasteiger partial charge in [-0.3, -0.25) is 15.0 Å². The van der Waals surface area contributed by atoms with Crippen LogP contribution in [-0.4, -0.2) is 58.9 Å². The van der Waals surface area contributed by atoms with E-state index in [1.807, 2.05) is 4.90 Å². The van der Waals surface area contributed by atoms with Gasteiger partial charge in [0, 0.05) is 43.9 Å². The summed E-state index contributed by atoms with van der Waals surface area (Å²) >= 11 is 0. The second-order valence-corrected chi connectivity index (χ2v) is 8.83. The lowest BCUT2D eigenvalue weighted by atomic mass is 10.2. The molecule has 1 aromatic heterocycles. The Bertz CT molecular complexity index is 1190. The lowest BCUT2D eigenvalue weighted by molar-refractivity contribution is -0.384. The van der Waals surface area contributed by atoms with Gasteiger partial charge >= 0.3 is 0 Å². The maximum atomic E-state index is 13.9. The predicted molar refractivity (Wildman–Crippen MR) is 107 cm³/mol. The molecule has 162 valence electrons. The summed E-state index contributed by atoms with van der Waals surface area (Å²) in [4.78, 5) is 16.2. The van der Waals surface area contributed by atoms with Gasteiger partial charge in [-0.2, -0.15) is 9.29 Å². The Morgan fingerprint density at radius 2 is 1.74 bits per heavy atom. The number of nitrogens with zero attached hydrogens (tertiary/aromatic N) is 5. The lowest BCUT2D eigenvalue weighted by Crippen LogP contribution is -2.48. The summed E-state index contributed by atoms with van der Waals surface area (Å²) < 4.78 is 45.8. The molecule has 1 aliphatic rings. The molecule has 0 bridgehead atoms. The molecule has 0 atom stereocenters. The molecule has 1 aliphatic heterocycles. The minimum atomic E-state index is -3.90. The van der Waals surface area contributed by atoms with Crippen molar-refractivity contribution in [3.63, 3.8) is 0 Å². The first kappa shape index (κ1) is 21.0. The van der Waals surface area contributed by atoms with Crippen molar-refractivity contribution in [1.82, 2.24) is 19.3 Å². The molecule has 10 nitrogen and oxygen atoms in total. The molecule has 12 heteroatoms. The topological polar surface area (TPSA) is 123 Å². The van der Waals surface area contributed by atoms with Gasteiger partial charge in [0.1, 0.15) is 10.7 Å². The molecule has 1 fully saturated rings. The zero-order chi connectivity index (χ0) is 22.0. The molecule has 0 N–H and O–H groups in total. The fraction of sp³-hybridized carbons (Fsp3) is 0.263. The van der Waals surface area contributed by atoms with E-state index in [1.54, 1.807) is 12.1 Å². The molecular formula is C19H18FN5O5S. The minimum Gasteiger partial charge on any atom is -0.338 e. The number of nitro groups is 1. The van der Waals surface area contributed by atoms with Crippen LogP contribution in [-0.2, 0) is 16.6 Å². The largest absolute Gasteiger partial charge is 0.338 e. The van der Waals surface area contributed by atoms with E-state index in [0.717, 1.165) is 6.07 Å². The quantitative estimate of drug-likeness (QED) is 0.417. The summed E-state index contributed by atoms with van der Waals surface area (Å²) in [5.74, 6) is -0.112. The SMILES string of the molecule is O=[N+]([O-])c1ccc(-c2noc(CN3CCN(S(=O)(=O)c4ccccc4F)CC3)n2)cc1. The fourth-order valence-electron chi connectivity index (χ4n) is 3.28. The molecule has 0 radical (unpaired) electrons. The third kappa shape index (κ3) is 4.45. The Balaban J connectivity index is 1.37. The number of aromatic nitrogens is 2. The maximum absolute atomic E-state index is 13.9. The maximum Gasteiger partial charge on any atom is 0.269 e. The van der Waals surface area contributed by atoms with E-state index in [1.165, 1.54) is 34.6 Å². The van der Waals surface area contributed by atoms with Crippen molar-refractivity contribution in [3.8, 4) is 11.4 Å². The van der Waals surface area contributed by atoms with E-state index in [2.05, 4.69) is 10.1 Å². The third-order valence-corrected chi connectivity index (χ3v) is 6.88. The molecule has 4 rings (SSSR count). The molecule has 0 aliphatic carbocycles. The van der Waals surface area contributed by atoms with Crippen molar-refractivity contribution in [2.75, 3.05) is 26.2 Å². The van der Waals surface area contributed by atoms with E-state index in [0.29, 0.717) is 36.9 Å². The average molecular weight is 447 g/mol. The number of hydrogen-bond donors (Lipinski definition) is 0. The van der Waals surface area contributed by atoms with Crippen LogP contribution in [0.15, 0.2) is 57.9 Å². The second kappa shape index (κ2) is 8.49. The highest BCUT2D eigenvalue weighted by molar-refractivity contribution is 7.89. The van der Waals surface area contributed by atoms with Gasteiger partial charge in [0.25, 0.3) is 5.69 Å². The first-order valence-electron chi connectivity index (χ1n) is 9.39. The van der Waals surface area contributed by atoms with Gasteiger partial charge in [-0.15, -0.1) is 0 Å². The van der Waals surface area contributed by atoms with Crippen molar-refractivity contribution in [2.45, 2.75) is 11.4 Å². The normalized spacial score (nSPS) is 15.8. The number of non-ortho nitro benzene ring substituents is 1. The number of hydrogen-bond acceptors (Lipinski definition) is 8. The van der Waals surface area contributed by atoms with Crippen molar-refractivity contribution in [2.24, 2.45) is 0 Å². The summed E-state index contributed by atoms with van der Waals surface area (Å²) in [5.41, 5.74) is 0.553. The monoisotopic (exact) mass is 447 g/mol. The number of sulfonamides is 1. The van der Waals surface area contributed by atoms with Crippen LogP contribution in [0.1, 0.15) is 5.89 Å². The van der Waals surface area contributed by atoms with Crippen LogP contribution in [0.3, 0.4) is 0 Å². The van der Waals surface area contributed by atoms with Gasteiger partial charge in [-0.1, -0.05) is 17.3 Å². The van der Waals surface area contributed by atoms with E-state index in [-0.39, 0.29) is 23.7 Å². The van der Waals surface area contributed by atoms with Crippen molar-refractivity contribution in [3.05, 3.63) is 70.4 Å². The van der Waals surface area contributed by atoms with Gasteiger partial charge < -0.3 is 4.52 Å². The Hall–Kier alpha value is -3.22. The zero-order valence-electron chi connectivity index (χ0n) is 16.2. The molecular weight excluding hydrogens is 429 g/mol. The summed E-state index contributed by atoms with van der Waals surface area (Å²) in [7, 11) is -3.90. The van der Waals surface area contributed by atoms with Crippen LogP contribution < -0.4 is 0 Å². The number of rotatable bonds is 6. The van der Waals surface area contributed by atoms with Crippen LogP contribution in [0.4, 0.5) is 10.1 Å². The molecule has 0 unspecified atom stereocenters. The van der Waals surface area contributed by atoms with Crippen molar-refractivity contribution >= 4 is 15.7 Å². The zero-order valence-corrected chi connectivity index (χ0v) is 17.0. The second-order valence-electron chi connectivity index (χ2n) is 6.93. The van der Waals surface area contributed by atoms with E-state index in [4.69, 9.17) is 4.52 Å². The fourth-order valence-corrected chi connectivity index (χ4v) is 4.77. The van der Waals surface area contributed by atoms with Crippen LogP contribution in [0, 0.1) is 15.9 Å². The number of nitro benzene ring substituents is 1. The molecule has 0 saturated carbocycles. The highest BCUT2D eigenvalue weighted by atomic mass is 32.2. The summed E-state index contributed by atoms with van der Waals surface area (Å²) in [5, 5.41) is 14.6. The molecule has 31 heavy (non-hydrogen) atoms. The summed E-state index contributed by atoms with van der Waals surface area (Å²) in [6.07, 6.45) is 0. The van der Waals surface area contributed by atoms with Gasteiger partial charge in [0.05, 0.1) is 11.5 Å². The van der Waals surface area contributed by atoms with Crippen LogP contribution in [0.5, 0.6) is 0 Å². The smallest absolute Gasteiger partial charge is 0.269 e.